The van der Waals surface area contributed by atoms with Gasteiger partial charge in [-0.15, -0.1) is 11.8 Å². The highest BCUT2D eigenvalue weighted by Crippen LogP contribution is 2.59. The fourth-order valence-corrected chi connectivity index (χ4v) is 7.76. The van der Waals surface area contributed by atoms with Crippen molar-refractivity contribution in [3.05, 3.63) is 29.3 Å². The lowest BCUT2D eigenvalue weighted by molar-refractivity contribution is -0.0455. The van der Waals surface area contributed by atoms with E-state index in [1.54, 1.807) is 0 Å². The van der Waals surface area contributed by atoms with Crippen LogP contribution in [0.3, 0.4) is 0 Å². The monoisotopic (exact) mass is 648 g/mol. The Morgan fingerprint density at radius 2 is 2.02 bits per heavy atom. The predicted octanol–water partition coefficient (Wildman–Crippen LogP) is -0.110. The molecule has 22 heteroatoms. The Balaban J connectivity index is 1.19. The molecule has 226 valence electrons. The minimum absolute atomic E-state index is 0.00358. The van der Waals surface area contributed by atoms with Crippen molar-refractivity contribution in [1.82, 2.24) is 39.0 Å². The number of aliphatic hydroxyl groups excluding tert-OH is 2. The fourth-order valence-electron chi connectivity index (χ4n) is 4.82. The minimum atomic E-state index is -4.42. The van der Waals surface area contributed by atoms with Crippen LogP contribution in [-0.4, -0.2) is 98.8 Å². The molecule has 6 rings (SSSR count). The normalized spacial score (nSPS) is 31.3. The minimum Gasteiger partial charge on any atom is -0.395 e. The zero-order chi connectivity index (χ0) is 30.0. The summed E-state index contributed by atoms with van der Waals surface area (Å²) in [5.41, 5.74) is 10.8. The van der Waals surface area contributed by atoms with E-state index in [-0.39, 0.29) is 34.1 Å². The standard InChI is InChI=1S/C20H23F2N10O7PS2/c21-9-8(1-33)42-18(31-5-27-11-16(31)29-19(24)30-17(11)35)12(9)39-40(36,41)38-2-7-13(34)20(22,3-37-7)32-6-28-10-14(23)25-4-26-15(10)32/h4-9,12-13,18,33-34H,1-3H2,(H,36,41)(H2,23,25,26)(H3,24,29,30,35)/t7-,8-,9-,12-,13-,18-,20?,40?/m1/s1. The number of nitrogen functional groups attached to an aromatic ring is 2. The number of nitrogens with one attached hydrogen (secondary N) is 1. The molecule has 2 fully saturated rings. The predicted molar refractivity (Wildman–Crippen MR) is 147 cm³/mol. The van der Waals surface area contributed by atoms with Gasteiger partial charge in [-0.1, -0.05) is 12.2 Å². The molecule has 4 aromatic heterocycles. The van der Waals surface area contributed by atoms with Crippen LogP contribution >= 0.6 is 30.8 Å². The van der Waals surface area contributed by atoms with E-state index in [0.717, 1.165) is 29.0 Å². The average Bonchev–Trinajstić information content (AvgIpc) is 3.70. The number of ether oxygens (including phenoxy) is 1. The van der Waals surface area contributed by atoms with Gasteiger partial charge in [0.1, 0.15) is 48.3 Å². The summed E-state index contributed by atoms with van der Waals surface area (Å²) in [7, 11) is 0. The first-order valence-corrected chi connectivity index (χ1v) is 15.8. The number of thiol groups is 1. The van der Waals surface area contributed by atoms with Gasteiger partial charge in [-0.3, -0.25) is 28.0 Å². The molecule has 17 nitrogen and oxygen atoms in total. The number of anilines is 2. The molecule has 7 N–H and O–H groups in total. The molecule has 2 aliphatic heterocycles. The number of rotatable bonds is 8. The topological polar surface area (TPSA) is 244 Å². The zero-order valence-corrected chi connectivity index (χ0v) is 23.7. The second-order valence-corrected chi connectivity index (χ2v) is 13.7. The molecule has 2 unspecified atom stereocenters. The largest absolute Gasteiger partial charge is 0.395 e. The number of halogens is 2. The second kappa shape index (κ2) is 10.7. The SMILES string of the molecule is Nc1nc2c(ncn2[C@@H]2S[C@H](CO)[C@@H](F)[C@H]2OP(=O)(S)OC[C@H]2OCC(F)(n3cnc4c(N)ncnc43)[C@@H]2O)c(=O)[nH]1. The quantitative estimate of drug-likeness (QED) is 0.108. The number of H-pyrrole nitrogens is 1. The Morgan fingerprint density at radius 3 is 2.79 bits per heavy atom. The maximum atomic E-state index is 16.0. The van der Waals surface area contributed by atoms with Crippen molar-refractivity contribution in [3.63, 3.8) is 0 Å². The number of thioether (sulfide) groups is 1. The van der Waals surface area contributed by atoms with Crippen LogP contribution in [0.2, 0.25) is 0 Å². The van der Waals surface area contributed by atoms with Crippen LogP contribution in [0.25, 0.3) is 22.3 Å². The molecule has 2 aliphatic rings. The summed E-state index contributed by atoms with van der Waals surface area (Å²) in [6.07, 6.45) is -3.21. The van der Waals surface area contributed by atoms with Gasteiger partial charge in [-0.25, -0.2) is 33.3 Å². The van der Waals surface area contributed by atoms with Crippen LogP contribution in [0, 0.1) is 0 Å². The number of nitrogens with zero attached hydrogens (tertiary/aromatic N) is 7. The van der Waals surface area contributed by atoms with Crippen molar-refractivity contribution in [1.29, 1.82) is 0 Å². The number of hydrogen-bond acceptors (Lipinski definition) is 15. The maximum Gasteiger partial charge on any atom is 0.386 e. The molecule has 2 saturated heterocycles. The van der Waals surface area contributed by atoms with Gasteiger partial charge in [0.05, 0.1) is 31.1 Å². The molecule has 0 spiro atoms. The summed E-state index contributed by atoms with van der Waals surface area (Å²) >= 11 is 4.87. The highest BCUT2D eigenvalue weighted by Gasteiger charge is 2.54. The third-order valence-electron chi connectivity index (χ3n) is 6.89. The van der Waals surface area contributed by atoms with Crippen LogP contribution in [-0.2, 0) is 24.1 Å². The third kappa shape index (κ3) is 4.82. The number of fused-ring (bicyclic) bond motifs is 2. The van der Waals surface area contributed by atoms with E-state index in [0.29, 0.717) is 0 Å². The summed E-state index contributed by atoms with van der Waals surface area (Å²) in [6.45, 7) is -6.32. The molecule has 0 amide bonds. The van der Waals surface area contributed by atoms with E-state index in [9.17, 15) is 19.6 Å². The Bertz CT molecular complexity index is 1760. The molecule has 0 aromatic carbocycles. The molecule has 8 atom stereocenters. The number of aliphatic hydroxyl groups is 2. The first-order valence-electron chi connectivity index (χ1n) is 12.1. The van der Waals surface area contributed by atoms with Crippen LogP contribution in [0.1, 0.15) is 5.37 Å². The van der Waals surface area contributed by atoms with E-state index >= 15 is 8.78 Å². The Hall–Kier alpha value is -2.91. The van der Waals surface area contributed by atoms with Crippen molar-refractivity contribution < 1.29 is 37.3 Å². The molecule has 0 saturated carbocycles. The van der Waals surface area contributed by atoms with Gasteiger partial charge in [0.2, 0.25) is 11.7 Å². The lowest BCUT2D eigenvalue weighted by Gasteiger charge is -2.27. The molecular formula is C20H23F2N10O7PS2. The zero-order valence-electron chi connectivity index (χ0n) is 21.1. The van der Waals surface area contributed by atoms with Gasteiger partial charge in [0.25, 0.3) is 5.56 Å². The first-order chi connectivity index (χ1) is 19.9. The van der Waals surface area contributed by atoms with Crippen LogP contribution in [0.4, 0.5) is 20.5 Å². The van der Waals surface area contributed by atoms with E-state index in [2.05, 4.69) is 42.2 Å². The fraction of sp³-hybridized carbons (Fsp3) is 0.500. The highest BCUT2D eigenvalue weighted by atomic mass is 32.7. The Labute approximate surface area is 242 Å². The summed E-state index contributed by atoms with van der Waals surface area (Å²) in [5, 5.41) is 18.5. The lowest BCUT2D eigenvalue weighted by atomic mass is 10.1. The Morgan fingerprint density at radius 1 is 1.26 bits per heavy atom. The van der Waals surface area contributed by atoms with Gasteiger partial charge >= 0.3 is 6.80 Å². The van der Waals surface area contributed by atoms with Gasteiger partial charge in [0, 0.05) is 0 Å². The van der Waals surface area contributed by atoms with Crippen LogP contribution in [0.15, 0.2) is 23.8 Å². The number of aromatic amines is 1. The molecule has 4 aromatic rings. The summed E-state index contributed by atoms with van der Waals surface area (Å²) < 4.78 is 63.1. The summed E-state index contributed by atoms with van der Waals surface area (Å²) in [5.74, 6) is -2.75. The highest BCUT2D eigenvalue weighted by molar-refractivity contribution is 8.44. The third-order valence-corrected chi connectivity index (χ3v) is 10.0. The van der Waals surface area contributed by atoms with Crippen LogP contribution < -0.4 is 17.0 Å². The van der Waals surface area contributed by atoms with Crippen molar-refractivity contribution in [2.75, 3.05) is 31.3 Å². The Kier molecular flexibility index (Phi) is 7.41. The van der Waals surface area contributed by atoms with Gasteiger partial charge < -0.3 is 26.4 Å². The number of alkyl halides is 2. The molecule has 0 bridgehead atoms. The second-order valence-electron chi connectivity index (χ2n) is 9.46. The first kappa shape index (κ1) is 29.2. The molecular weight excluding hydrogens is 625 g/mol. The average molecular weight is 649 g/mol. The van der Waals surface area contributed by atoms with Crippen molar-refractivity contribution >= 4 is 64.9 Å². The van der Waals surface area contributed by atoms with E-state index < -0.39 is 73.1 Å². The number of imidazole rings is 2. The van der Waals surface area contributed by atoms with E-state index in [1.807, 2.05) is 0 Å². The van der Waals surface area contributed by atoms with Crippen LogP contribution in [0.5, 0.6) is 0 Å². The van der Waals surface area contributed by atoms with Crippen molar-refractivity contribution in [3.8, 4) is 0 Å². The van der Waals surface area contributed by atoms with Gasteiger partial charge in [0.15, 0.2) is 22.6 Å². The van der Waals surface area contributed by atoms with Crippen molar-refractivity contribution in [2.24, 2.45) is 0 Å². The molecule has 42 heavy (non-hydrogen) atoms. The summed E-state index contributed by atoms with van der Waals surface area (Å²) in [4.78, 5) is 34.3. The van der Waals surface area contributed by atoms with E-state index in [4.69, 9.17) is 25.3 Å². The van der Waals surface area contributed by atoms with Gasteiger partial charge in [-0.05, 0) is 0 Å². The summed E-state index contributed by atoms with van der Waals surface area (Å²) in [6, 6.07) is 0. The molecule has 0 radical (unpaired) electrons. The maximum absolute atomic E-state index is 16.0. The number of aromatic nitrogens is 8. The van der Waals surface area contributed by atoms with E-state index in [1.165, 1.54) is 10.9 Å². The number of nitrogens with two attached hydrogens (primary N) is 2. The van der Waals surface area contributed by atoms with Crippen molar-refractivity contribution in [2.45, 2.75) is 40.9 Å². The smallest absolute Gasteiger partial charge is 0.386 e. The molecule has 6 heterocycles. The lowest BCUT2D eigenvalue weighted by Crippen LogP contribution is -2.43. The van der Waals surface area contributed by atoms with Gasteiger partial charge in [-0.2, -0.15) is 4.98 Å². The molecule has 0 aliphatic carbocycles. The number of hydrogen-bond donors (Lipinski definition) is 6.